The van der Waals surface area contributed by atoms with Gasteiger partial charge in [-0.05, 0) is 25.5 Å². The smallest absolute Gasteiger partial charge is 0.105 e. The van der Waals surface area contributed by atoms with Crippen molar-refractivity contribution >= 4 is 0 Å². The number of nitrogens with zero attached hydrogens (tertiary/aromatic N) is 1. The van der Waals surface area contributed by atoms with Crippen LogP contribution in [0.3, 0.4) is 0 Å². The van der Waals surface area contributed by atoms with Crippen molar-refractivity contribution in [3.63, 3.8) is 0 Å². The Morgan fingerprint density at radius 2 is 1.79 bits per heavy atom. The van der Waals surface area contributed by atoms with E-state index in [1.165, 1.54) is 11.1 Å². The van der Waals surface area contributed by atoms with Crippen LogP contribution in [0, 0.1) is 13.8 Å². The maximum absolute atomic E-state index is 10.9. The molecule has 3 rings (SSSR count). The second-order valence-electron chi connectivity index (χ2n) is 6.91. The second kappa shape index (κ2) is 7.51. The fourth-order valence-corrected chi connectivity index (χ4v) is 3.42. The lowest BCUT2D eigenvalue weighted by Crippen LogP contribution is -2.46. The Hall–Kier alpha value is -1.62. The van der Waals surface area contributed by atoms with Gasteiger partial charge in [0.1, 0.15) is 11.5 Å². The number of hydrogen-bond acceptors (Lipinski definition) is 4. The van der Waals surface area contributed by atoms with Gasteiger partial charge < -0.3 is 14.3 Å². The molecule has 1 N–H and O–H groups in total. The molecule has 1 aromatic carbocycles. The molecular weight excluding hydrogens is 302 g/mol. The van der Waals surface area contributed by atoms with Crippen LogP contribution in [0.5, 0.6) is 0 Å². The van der Waals surface area contributed by atoms with E-state index >= 15 is 0 Å². The number of ether oxygens (including phenoxy) is 1. The van der Waals surface area contributed by atoms with Crippen LogP contribution in [-0.2, 0) is 17.8 Å². The molecule has 0 bridgehead atoms. The molecule has 0 spiro atoms. The lowest BCUT2D eigenvalue weighted by Gasteiger charge is -2.37. The van der Waals surface area contributed by atoms with Crippen LogP contribution < -0.4 is 0 Å². The number of benzene rings is 1. The van der Waals surface area contributed by atoms with Crippen molar-refractivity contribution < 1.29 is 14.3 Å². The lowest BCUT2D eigenvalue weighted by atomic mass is 9.93. The molecular formula is C20H27NO3. The van der Waals surface area contributed by atoms with E-state index in [-0.39, 0.29) is 0 Å². The van der Waals surface area contributed by atoms with Gasteiger partial charge in [0, 0.05) is 51.3 Å². The second-order valence-corrected chi connectivity index (χ2v) is 6.91. The van der Waals surface area contributed by atoms with Gasteiger partial charge in [0.25, 0.3) is 0 Å². The number of hydrogen-bond donors (Lipinski definition) is 1. The third-order valence-electron chi connectivity index (χ3n) is 4.73. The van der Waals surface area contributed by atoms with Gasteiger partial charge >= 0.3 is 0 Å². The molecule has 4 heteroatoms. The van der Waals surface area contributed by atoms with E-state index < -0.39 is 5.60 Å². The van der Waals surface area contributed by atoms with Crippen molar-refractivity contribution in [1.29, 1.82) is 0 Å². The Balaban J connectivity index is 1.76. The average molecular weight is 329 g/mol. The summed E-state index contributed by atoms with van der Waals surface area (Å²) in [6.45, 7) is 7.50. The van der Waals surface area contributed by atoms with E-state index in [9.17, 15) is 5.11 Å². The van der Waals surface area contributed by atoms with Crippen LogP contribution in [0.2, 0.25) is 0 Å². The minimum Gasteiger partial charge on any atom is -0.466 e. The minimum absolute atomic E-state index is 0.638. The normalized spacial score (nSPS) is 17.3. The number of furan rings is 1. The largest absolute Gasteiger partial charge is 0.466 e. The summed E-state index contributed by atoms with van der Waals surface area (Å²) in [6.07, 6.45) is 1.39. The molecule has 1 aromatic heterocycles. The molecule has 0 atom stereocenters. The zero-order chi connectivity index (χ0) is 17.0. The maximum atomic E-state index is 10.9. The van der Waals surface area contributed by atoms with Crippen molar-refractivity contribution in [2.45, 2.75) is 45.4 Å². The fraction of sp³-hybridized carbons (Fsp3) is 0.500. The van der Waals surface area contributed by atoms with Crippen molar-refractivity contribution in [2.24, 2.45) is 0 Å². The molecule has 1 saturated heterocycles. The number of aliphatic hydroxyl groups is 1. The van der Waals surface area contributed by atoms with E-state index in [0.717, 1.165) is 24.6 Å². The van der Waals surface area contributed by atoms with Gasteiger partial charge in [0.05, 0.1) is 5.60 Å². The highest BCUT2D eigenvalue weighted by molar-refractivity contribution is 5.21. The molecule has 0 aliphatic carbocycles. The van der Waals surface area contributed by atoms with Crippen LogP contribution in [-0.4, -0.2) is 35.4 Å². The first-order valence-corrected chi connectivity index (χ1v) is 8.66. The van der Waals surface area contributed by atoms with Gasteiger partial charge in [-0.1, -0.05) is 30.3 Å². The van der Waals surface area contributed by atoms with E-state index in [1.807, 2.05) is 19.9 Å². The molecule has 0 radical (unpaired) electrons. The predicted molar refractivity (Wildman–Crippen MR) is 93.7 cm³/mol. The predicted octanol–water partition coefficient (Wildman–Crippen LogP) is 3.44. The summed E-state index contributed by atoms with van der Waals surface area (Å²) in [5, 5.41) is 10.9. The van der Waals surface area contributed by atoms with Crippen LogP contribution in [0.15, 0.2) is 40.8 Å². The van der Waals surface area contributed by atoms with Gasteiger partial charge in [-0.3, -0.25) is 4.90 Å². The van der Waals surface area contributed by atoms with Gasteiger partial charge in [0.15, 0.2) is 0 Å². The van der Waals surface area contributed by atoms with Crippen molar-refractivity contribution in [3.05, 3.63) is 59.0 Å². The highest BCUT2D eigenvalue weighted by Gasteiger charge is 2.32. The molecule has 24 heavy (non-hydrogen) atoms. The molecule has 1 aliphatic heterocycles. The molecule has 2 heterocycles. The Morgan fingerprint density at radius 1 is 1.08 bits per heavy atom. The molecule has 0 amide bonds. The Morgan fingerprint density at radius 3 is 2.42 bits per heavy atom. The molecule has 1 aliphatic rings. The van der Waals surface area contributed by atoms with Gasteiger partial charge in [-0.25, -0.2) is 0 Å². The summed E-state index contributed by atoms with van der Waals surface area (Å²) in [5.74, 6) is 1.90. The van der Waals surface area contributed by atoms with Crippen LogP contribution >= 0.6 is 0 Å². The highest BCUT2D eigenvalue weighted by Crippen LogP contribution is 2.25. The first-order chi connectivity index (χ1) is 11.5. The summed E-state index contributed by atoms with van der Waals surface area (Å²) in [7, 11) is 0. The van der Waals surface area contributed by atoms with Crippen LogP contribution in [0.1, 0.15) is 35.5 Å². The number of rotatable bonds is 6. The first-order valence-electron chi connectivity index (χ1n) is 8.66. The average Bonchev–Trinajstić information content (AvgIpc) is 2.86. The topological polar surface area (TPSA) is 45.8 Å². The van der Waals surface area contributed by atoms with Gasteiger partial charge in [0.2, 0.25) is 0 Å². The van der Waals surface area contributed by atoms with Crippen LogP contribution in [0.4, 0.5) is 0 Å². The highest BCUT2D eigenvalue weighted by atomic mass is 16.5. The lowest BCUT2D eigenvalue weighted by molar-refractivity contribution is -0.0821. The molecule has 2 aromatic rings. The molecule has 0 saturated carbocycles. The van der Waals surface area contributed by atoms with Gasteiger partial charge in [-0.15, -0.1) is 0 Å². The summed E-state index contributed by atoms with van der Waals surface area (Å²) >= 11 is 0. The summed E-state index contributed by atoms with van der Waals surface area (Å²) in [6, 6.07) is 12.5. The monoisotopic (exact) mass is 329 g/mol. The van der Waals surface area contributed by atoms with E-state index in [4.69, 9.17) is 9.15 Å². The summed E-state index contributed by atoms with van der Waals surface area (Å²) in [4.78, 5) is 2.32. The third kappa shape index (κ3) is 4.47. The van der Waals surface area contributed by atoms with E-state index in [1.54, 1.807) is 0 Å². The van der Waals surface area contributed by atoms with E-state index in [0.29, 0.717) is 32.6 Å². The molecule has 130 valence electrons. The molecule has 1 fully saturated rings. The maximum Gasteiger partial charge on any atom is 0.105 e. The number of aryl methyl sites for hydroxylation is 2. The molecule has 0 unspecified atom stereocenters. The zero-order valence-electron chi connectivity index (χ0n) is 14.6. The van der Waals surface area contributed by atoms with Crippen molar-refractivity contribution in [1.82, 2.24) is 4.90 Å². The Kier molecular flexibility index (Phi) is 5.39. The van der Waals surface area contributed by atoms with E-state index in [2.05, 4.69) is 35.2 Å². The minimum atomic E-state index is -0.667. The quantitative estimate of drug-likeness (QED) is 0.882. The summed E-state index contributed by atoms with van der Waals surface area (Å²) < 4.78 is 11.1. The molecule has 4 nitrogen and oxygen atoms in total. The fourth-order valence-electron chi connectivity index (χ4n) is 3.42. The summed E-state index contributed by atoms with van der Waals surface area (Å²) in [5.41, 5.74) is 1.78. The third-order valence-corrected chi connectivity index (χ3v) is 4.73. The SMILES string of the molecule is Cc1cc(CN(Cc2ccccc2)CC2(O)CCOCC2)c(C)o1. The standard InChI is InChI=1S/C20H27NO3/c1-16-12-19(17(2)24-16)14-21(13-18-6-4-3-5-7-18)15-20(22)8-10-23-11-9-20/h3-7,12,22H,8-11,13-15H2,1-2H3. The van der Waals surface area contributed by atoms with Gasteiger partial charge in [-0.2, -0.15) is 0 Å². The Bertz CT molecular complexity index is 644. The van der Waals surface area contributed by atoms with Crippen LogP contribution in [0.25, 0.3) is 0 Å². The zero-order valence-corrected chi connectivity index (χ0v) is 14.6. The van der Waals surface area contributed by atoms with Crippen molar-refractivity contribution in [3.8, 4) is 0 Å². The first kappa shape index (κ1) is 17.2. The van der Waals surface area contributed by atoms with Crippen molar-refractivity contribution in [2.75, 3.05) is 19.8 Å². The Labute approximate surface area is 144 Å².